The fraction of sp³-hybridized carbons (Fsp3) is 0.348. The molecule has 0 saturated carbocycles. The summed E-state index contributed by atoms with van der Waals surface area (Å²) in [7, 11) is 1.82. The summed E-state index contributed by atoms with van der Waals surface area (Å²) < 4.78 is 2.00. The molecule has 0 amide bonds. The lowest BCUT2D eigenvalue weighted by molar-refractivity contribution is 0.596. The number of aliphatic imine (C=N–C) groups is 1. The number of nitrogens with zero attached hydrogens (tertiary/aromatic N) is 4. The molecule has 0 saturated heterocycles. The number of aromatic nitrogens is 3. The van der Waals surface area contributed by atoms with Crippen LogP contribution < -0.4 is 10.6 Å². The molecule has 2 N–H and O–H groups in total. The van der Waals surface area contributed by atoms with E-state index >= 15 is 0 Å². The van der Waals surface area contributed by atoms with E-state index in [0.29, 0.717) is 5.92 Å². The van der Waals surface area contributed by atoms with Gasteiger partial charge in [0.05, 0.1) is 0 Å². The standard InChI is InChI=1S/C23H30N6/c1-24-23(25-15-8-9-17-29-18-27-28-19-29)26-16-14-22(20-10-4-2-5-11-20)21-12-6-3-7-13-21/h2-7,10-13,18-19,22H,8-9,14-17H2,1H3,(H2,24,25,26). The second-order valence-corrected chi connectivity index (χ2v) is 7.00. The van der Waals surface area contributed by atoms with Gasteiger partial charge in [0.15, 0.2) is 5.96 Å². The van der Waals surface area contributed by atoms with E-state index in [-0.39, 0.29) is 0 Å². The van der Waals surface area contributed by atoms with Crippen LogP contribution in [0.25, 0.3) is 0 Å². The molecular weight excluding hydrogens is 360 g/mol. The molecule has 152 valence electrons. The van der Waals surface area contributed by atoms with Crippen molar-refractivity contribution in [2.45, 2.75) is 31.7 Å². The van der Waals surface area contributed by atoms with Gasteiger partial charge >= 0.3 is 0 Å². The van der Waals surface area contributed by atoms with Crippen molar-refractivity contribution in [3.05, 3.63) is 84.4 Å². The van der Waals surface area contributed by atoms with Crippen molar-refractivity contribution in [2.24, 2.45) is 4.99 Å². The lowest BCUT2D eigenvalue weighted by Gasteiger charge is -2.19. The normalized spacial score (nSPS) is 11.6. The van der Waals surface area contributed by atoms with Gasteiger partial charge in [-0.15, -0.1) is 10.2 Å². The summed E-state index contributed by atoms with van der Waals surface area (Å²) in [5.74, 6) is 1.22. The first kappa shape index (κ1) is 20.6. The number of rotatable bonds is 10. The lowest BCUT2D eigenvalue weighted by atomic mass is 9.88. The van der Waals surface area contributed by atoms with E-state index in [1.54, 1.807) is 12.7 Å². The Bertz CT molecular complexity index is 791. The van der Waals surface area contributed by atoms with Crippen LogP contribution in [-0.4, -0.2) is 40.9 Å². The Morgan fingerprint density at radius 1 is 0.862 bits per heavy atom. The lowest BCUT2D eigenvalue weighted by Crippen LogP contribution is -2.38. The molecule has 6 heteroatoms. The second kappa shape index (κ2) is 11.6. The molecule has 2 aromatic carbocycles. The fourth-order valence-corrected chi connectivity index (χ4v) is 3.42. The average molecular weight is 391 g/mol. The molecule has 1 aromatic heterocycles. The largest absolute Gasteiger partial charge is 0.356 e. The van der Waals surface area contributed by atoms with Crippen LogP contribution in [0, 0.1) is 0 Å². The molecule has 0 aliphatic rings. The number of aryl methyl sites for hydroxylation is 1. The van der Waals surface area contributed by atoms with E-state index in [1.165, 1.54) is 11.1 Å². The summed E-state index contributed by atoms with van der Waals surface area (Å²) >= 11 is 0. The van der Waals surface area contributed by atoms with Gasteiger partial charge in [-0.1, -0.05) is 60.7 Å². The van der Waals surface area contributed by atoms with E-state index in [2.05, 4.69) is 86.5 Å². The maximum absolute atomic E-state index is 4.35. The summed E-state index contributed by atoms with van der Waals surface area (Å²) in [6.45, 7) is 2.69. The predicted molar refractivity (Wildman–Crippen MR) is 118 cm³/mol. The zero-order chi connectivity index (χ0) is 20.2. The number of hydrogen-bond donors (Lipinski definition) is 2. The molecule has 0 atom stereocenters. The van der Waals surface area contributed by atoms with Gasteiger partial charge in [0.1, 0.15) is 12.7 Å². The summed E-state index contributed by atoms with van der Waals surface area (Å²) in [6, 6.07) is 21.4. The van der Waals surface area contributed by atoms with E-state index in [9.17, 15) is 0 Å². The SMILES string of the molecule is CN=C(NCCCCn1cnnc1)NCCC(c1ccccc1)c1ccccc1. The minimum Gasteiger partial charge on any atom is -0.356 e. The second-order valence-electron chi connectivity index (χ2n) is 7.00. The van der Waals surface area contributed by atoms with E-state index in [1.807, 2.05) is 11.6 Å². The van der Waals surface area contributed by atoms with Crippen LogP contribution in [0.2, 0.25) is 0 Å². The summed E-state index contributed by atoms with van der Waals surface area (Å²) in [5.41, 5.74) is 2.69. The molecule has 3 rings (SSSR count). The van der Waals surface area contributed by atoms with Crippen LogP contribution in [0.5, 0.6) is 0 Å². The number of hydrogen-bond acceptors (Lipinski definition) is 3. The van der Waals surface area contributed by atoms with Crippen LogP contribution in [0.15, 0.2) is 78.3 Å². The Hall–Kier alpha value is -3.15. The van der Waals surface area contributed by atoms with Crippen molar-refractivity contribution in [1.82, 2.24) is 25.4 Å². The van der Waals surface area contributed by atoms with Crippen molar-refractivity contribution >= 4 is 5.96 Å². The molecule has 0 aliphatic heterocycles. The highest BCUT2D eigenvalue weighted by Gasteiger charge is 2.13. The highest BCUT2D eigenvalue weighted by molar-refractivity contribution is 5.79. The summed E-state index contributed by atoms with van der Waals surface area (Å²) in [4.78, 5) is 4.35. The van der Waals surface area contributed by atoms with Crippen molar-refractivity contribution in [3.8, 4) is 0 Å². The molecule has 3 aromatic rings. The molecule has 0 bridgehead atoms. The third-order valence-corrected chi connectivity index (χ3v) is 4.96. The third kappa shape index (κ3) is 6.75. The Kier molecular flexibility index (Phi) is 8.26. The predicted octanol–water partition coefficient (Wildman–Crippen LogP) is 3.45. The molecule has 29 heavy (non-hydrogen) atoms. The highest BCUT2D eigenvalue weighted by atomic mass is 15.2. The first-order valence-electron chi connectivity index (χ1n) is 10.2. The van der Waals surface area contributed by atoms with Crippen LogP contribution in [0.1, 0.15) is 36.3 Å². The molecular formula is C23H30N6. The minimum absolute atomic E-state index is 0.367. The van der Waals surface area contributed by atoms with Gasteiger partial charge in [0.25, 0.3) is 0 Å². The van der Waals surface area contributed by atoms with Crippen molar-refractivity contribution < 1.29 is 0 Å². The minimum atomic E-state index is 0.367. The molecule has 0 unspecified atom stereocenters. The van der Waals surface area contributed by atoms with Gasteiger partial charge in [0.2, 0.25) is 0 Å². The van der Waals surface area contributed by atoms with Gasteiger partial charge in [-0.25, -0.2) is 0 Å². The monoisotopic (exact) mass is 390 g/mol. The molecule has 0 fully saturated rings. The number of nitrogens with one attached hydrogen (secondary N) is 2. The number of unbranched alkanes of at least 4 members (excludes halogenated alkanes) is 1. The molecule has 0 aliphatic carbocycles. The molecule has 0 radical (unpaired) electrons. The fourth-order valence-electron chi connectivity index (χ4n) is 3.42. The third-order valence-electron chi connectivity index (χ3n) is 4.96. The Balaban J connectivity index is 1.44. The summed E-state index contributed by atoms with van der Waals surface area (Å²) in [5, 5.41) is 14.5. The van der Waals surface area contributed by atoms with Crippen molar-refractivity contribution in [2.75, 3.05) is 20.1 Å². The molecule has 1 heterocycles. The zero-order valence-electron chi connectivity index (χ0n) is 17.0. The van der Waals surface area contributed by atoms with Crippen molar-refractivity contribution in [3.63, 3.8) is 0 Å². The van der Waals surface area contributed by atoms with Gasteiger partial charge < -0.3 is 15.2 Å². The maximum atomic E-state index is 4.35. The van der Waals surface area contributed by atoms with E-state index in [0.717, 1.165) is 44.9 Å². The first-order chi connectivity index (χ1) is 14.4. The zero-order valence-corrected chi connectivity index (χ0v) is 17.0. The van der Waals surface area contributed by atoms with Crippen LogP contribution in [-0.2, 0) is 6.54 Å². The van der Waals surface area contributed by atoms with Crippen LogP contribution in [0.3, 0.4) is 0 Å². The first-order valence-corrected chi connectivity index (χ1v) is 10.2. The Labute approximate surface area is 173 Å². The van der Waals surface area contributed by atoms with E-state index < -0.39 is 0 Å². The van der Waals surface area contributed by atoms with Gasteiger partial charge in [0, 0.05) is 32.6 Å². The van der Waals surface area contributed by atoms with Crippen LogP contribution >= 0.6 is 0 Å². The number of benzene rings is 2. The highest BCUT2D eigenvalue weighted by Crippen LogP contribution is 2.27. The van der Waals surface area contributed by atoms with E-state index in [4.69, 9.17) is 0 Å². The smallest absolute Gasteiger partial charge is 0.190 e. The Morgan fingerprint density at radius 2 is 1.45 bits per heavy atom. The van der Waals surface area contributed by atoms with Gasteiger partial charge in [-0.2, -0.15) is 0 Å². The topological polar surface area (TPSA) is 67.1 Å². The molecule has 0 spiro atoms. The summed E-state index contributed by atoms with van der Waals surface area (Å²) in [6.07, 6.45) is 6.65. The van der Waals surface area contributed by atoms with Gasteiger partial charge in [-0.05, 0) is 30.4 Å². The number of guanidine groups is 1. The average Bonchev–Trinajstić information content (AvgIpc) is 3.30. The van der Waals surface area contributed by atoms with Crippen molar-refractivity contribution in [1.29, 1.82) is 0 Å². The van der Waals surface area contributed by atoms with Crippen LogP contribution in [0.4, 0.5) is 0 Å². The maximum Gasteiger partial charge on any atom is 0.190 e. The quantitative estimate of drug-likeness (QED) is 0.316. The Morgan fingerprint density at radius 3 is 2.03 bits per heavy atom. The molecule has 6 nitrogen and oxygen atoms in total. The van der Waals surface area contributed by atoms with Gasteiger partial charge in [-0.3, -0.25) is 4.99 Å².